The van der Waals surface area contributed by atoms with Crippen molar-refractivity contribution >= 4 is 5.78 Å². The Morgan fingerprint density at radius 1 is 1.33 bits per heavy atom. The first kappa shape index (κ1) is 8.98. The molecule has 0 saturated carbocycles. The van der Waals surface area contributed by atoms with E-state index in [0.29, 0.717) is 6.42 Å². The van der Waals surface area contributed by atoms with Crippen LogP contribution < -0.4 is 0 Å². The molecule has 0 bridgehead atoms. The maximum atomic E-state index is 11.5. The van der Waals surface area contributed by atoms with Gasteiger partial charge in [-0.2, -0.15) is 0 Å². The van der Waals surface area contributed by atoms with Gasteiger partial charge in [-0.25, -0.2) is 0 Å². The minimum absolute atomic E-state index is 0.260. The Morgan fingerprint density at radius 3 is 2.58 bits per heavy atom. The van der Waals surface area contributed by atoms with E-state index in [-0.39, 0.29) is 5.78 Å². The van der Waals surface area contributed by atoms with Gasteiger partial charge in [0.2, 0.25) is 0 Å². The van der Waals surface area contributed by atoms with E-state index in [1.165, 1.54) is 0 Å². The molecule has 0 unspecified atom stereocenters. The van der Waals surface area contributed by atoms with Gasteiger partial charge in [0.25, 0.3) is 0 Å². The summed E-state index contributed by atoms with van der Waals surface area (Å²) in [4.78, 5) is 11.5. The highest BCUT2D eigenvalue weighted by Gasteiger charge is 2.05. The summed E-state index contributed by atoms with van der Waals surface area (Å²) in [6.07, 6.45) is 1.58. The number of hydrogen-bond acceptors (Lipinski definition) is 1. The molecule has 1 rings (SSSR count). The topological polar surface area (TPSA) is 17.1 Å². The summed E-state index contributed by atoms with van der Waals surface area (Å²) in [5.41, 5.74) is 1.95. The van der Waals surface area contributed by atoms with Crippen LogP contribution in [0.25, 0.3) is 0 Å². The number of hydrogen-bond donors (Lipinski definition) is 0. The van der Waals surface area contributed by atoms with Crippen molar-refractivity contribution < 1.29 is 4.79 Å². The first-order valence-corrected chi connectivity index (χ1v) is 4.34. The molecule has 64 valence electrons. The molecule has 0 aliphatic heterocycles. The van der Waals surface area contributed by atoms with Crippen molar-refractivity contribution in [3.8, 4) is 0 Å². The van der Waals surface area contributed by atoms with E-state index in [4.69, 9.17) is 0 Å². The molecule has 0 spiro atoms. The number of ketones is 1. The zero-order valence-corrected chi connectivity index (χ0v) is 7.63. The van der Waals surface area contributed by atoms with Gasteiger partial charge in [0, 0.05) is 12.0 Å². The summed E-state index contributed by atoms with van der Waals surface area (Å²) >= 11 is 0. The van der Waals surface area contributed by atoms with Gasteiger partial charge in [0.05, 0.1) is 0 Å². The monoisotopic (exact) mass is 162 g/mol. The van der Waals surface area contributed by atoms with Crippen LogP contribution in [-0.4, -0.2) is 5.78 Å². The van der Waals surface area contributed by atoms with Crippen LogP contribution in [0.5, 0.6) is 0 Å². The smallest absolute Gasteiger partial charge is 0.163 e. The summed E-state index contributed by atoms with van der Waals surface area (Å²) in [5, 5.41) is 0. The summed E-state index contributed by atoms with van der Waals surface area (Å²) in [5.74, 6) is 0.260. The van der Waals surface area contributed by atoms with Crippen molar-refractivity contribution in [2.24, 2.45) is 0 Å². The second kappa shape index (κ2) is 4.05. The van der Waals surface area contributed by atoms with E-state index in [0.717, 1.165) is 17.5 Å². The minimum atomic E-state index is 0.260. The molecule has 0 aliphatic rings. The zero-order chi connectivity index (χ0) is 8.97. The van der Waals surface area contributed by atoms with Crippen molar-refractivity contribution in [1.82, 2.24) is 0 Å². The van der Waals surface area contributed by atoms with Crippen LogP contribution >= 0.6 is 0 Å². The second-order valence-corrected chi connectivity index (χ2v) is 2.99. The van der Waals surface area contributed by atoms with Crippen molar-refractivity contribution in [1.29, 1.82) is 0 Å². The van der Waals surface area contributed by atoms with Gasteiger partial charge >= 0.3 is 0 Å². The fourth-order valence-electron chi connectivity index (χ4n) is 1.25. The predicted octanol–water partition coefficient (Wildman–Crippen LogP) is 2.98. The molecule has 0 aliphatic carbocycles. The van der Waals surface area contributed by atoms with Crippen molar-refractivity contribution in [3.63, 3.8) is 0 Å². The highest BCUT2D eigenvalue weighted by molar-refractivity contribution is 5.97. The quantitative estimate of drug-likeness (QED) is 0.624. The normalized spacial score (nSPS) is 9.83. The molecule has 0 amide bonds. The average Bonchev–Trinajstić information content (AvgIpc) is 2.05. The fraction of sp³-hybridized carbons (Fsp3) is 0.364. The number of carbonyl (C=O) groups is 1. The molecule has 0 aromatic heterocycles. The average molecular weight is 162 g/mol. The Balaban J connectivity index is 2.87. The molecule has 1 nitrogen and oxygen atoms in total. The van der Waals surface area contributed by atoms with Crippen LogP contribution in [0.1, 0.15) is 35.7 Å². The first-order chi connectivity index (χ1) is 5.75. The summed E-state index contributed by atoms with van der Waals surface area (Å²) < 4.78 is 0. The maximum Gasteiger partial charge on any atom is 0.163 e. The molecule has 0 heterocycles. The third-order valence-electron chi connectivity index (χ3n) is 1.92. The number of aryl methyl sites for hydroxylation is 1. The zero-order valence-electron chi connectivity index (χ0n) is 7.63. The third-order valence-corrected chi connectivity index (χ3v) is 1.92. The van der Waals surface area contributed by atoms with Crippen molar-refractivity contribution in [2.45, 2.75) is 26.7 Å². The van der Waals surface area contributed by atoms with Crippen LogP contribution in [0, 0.1) is 6.92 Å². The Labute approximate surface area is 73.4 Å². The number of carbonyl (C=O) groups excluding carboxylic acids is 1. The van der Waals surface area contributed by atoms with Crippen LogP contribution in [-0.2, 0) is 0 Å². The Kier molecular flexibility index (Phi) is 3.03. The second-order valence-electron chi connectivity index (χ2n) is 2.99. The molecular formula is C11H14O. The van der Waals surface area contributed by atoms with Gasteiger partial charge in [-0.15, -0.1) is 0 Å². The molecule has 1 aromatic rings. The van der Waals surface area contributed by atoms with E-state index in [1.54, 1.807) is 0 Å². The number of rotatable bonds is 3. The van der Waals surface area contributed by atoms with E-state index < -0.39 is 0 Å². The van der Waals surface area contributed by atoms with Gasteiger partial charge in [-0.3, -0.25) is 4.79 Å². The molecule has 12 heavy (non-hydrogen) atoms. The lowest BCUT2D eigenvalue weighted by molar-refractivity contribution is 0.0981. The molecule has 0 radical (unpaired) electrons. The van der Waals surface area contributed by atoms with E-state index in [2.05, 4.69) is 0 Å². The Bertz CT molecular complexity index is 276. The van der Waals surface area contributed by atoms with Crippen LogP contribution in [0.2, 0.25) is 0 Å². The Morgan fingerprint density at radius 2 is 2.00 bits per heavy atom. The van der Waals surface area contributed by atoms with E-state index in [1.807, 2.05) is 38.1 Å². The standard InChI is InChI=1S/C11H14O/c1-3-6-11(12)10-8-5-4-7-9(10)2/h4-5,7-8H,3,6H2,1-2H3. The lowest BCUT2D eigenvalue weighted by Gasteiger charge is -2.01. The predicted molar refractivity (Wildman–Crippen MR) is 50.4 cm³/mol. The Hall–Kier alpha value is -1.11. The van der Waals surface area contributed by atoms with Crippen LogP contribution in [0.4, 0.5) is 0 Å². The molecule has 1 aromatic carbocycles. The molecular weight excluding hydrogens is 148 g/mol. The SMILES string of the molecule is CCCC(=O)c1ccccc1C. The summed E-state index contributed by atoms with van der Waals surface area (Å²) in [6, 6.07) is 7.74. The molecule has 0 atom stereocenters. The van der Waals surface area contributed by atoms with Crippen molar-refractivity contribution in [2.75, 3.05) is 0 Å². The lowest BCUT2D eigenvalue weighted by Crippen LogP contribution is -2.00. The van der Waals surface area contributed by atoms with Crippen molar-refractivity contribution in [3.05, 3.63) is 35.4 Å². The third kappa shape index (κ3) is 1.94. The number of benzene rings is 1. The highest BCUT2D eigenvalue weighted by atomic mass is 16.1. The molecule has 0 saturated heterocycles. The van der Waals surface area contributed by atoms with Gasteiger partial charge in [0.1, 0.15) is 0 Å². The first-order valence-electron chi connectivity index (χ1n) is 4.34. The van der Waals surface area contributed by atoms with Crippen LogP contribution in [0.3, 0.4) is 0 Å². The van der Waals surface area contributed by atoms with E-state index in [9.17, 15) is 4.79 Å². The molecule has 1 heteroatoms. The van der Waals surface area contributed by atoms with Gasteiger partial charge in [-0.1, -0.05) is 31.2 Å². The largest absolute Gasteiger partial charge is 0.294 e. The van der Waals surface area contributed by atoms with Gasteiger partial charge < -0.3 is 0 Å². The summed E-state index contributed by atoms with van der Waals surface area (Å²) in [7, 11) is 0. The van der Waals surface area contributed by atoms with Gasteiger partial charge in [0.15, 0.2) is 5.78 Å². The number of Topliss-reactive ketones (excluding diaryl/α,β-unsaturated/α-hetero) is 1. The van der Waals surface area contributed by atoms with Gasteiger partial charge in [-0.05, 0) is 18.9 Å². The highest BCUT2D eigenvalue weighted by Crippen LogP contribution is 2.10. The maximum absolute atomic E-state index is 11.5. The fourth-order valence-corrected chi connectivity index (χ4v) is 1.25. The van der Waals surface area contributed by atoms with Crippen LogP contribution in [0.15, 0.2) is 24.3 Å². The molecule has 0 N–H and O–H groups in total. The van der Waals surface area contributed by atoms with E-state index >= 15 is 0 Å². The molecule has 0 fully saturated rings. The lowest BCUT2D eigenvalue weighted by atomic mass is 10.0. The minimum Gasteiger partial charge on any atom is -0.294 e. The summed E-state index contributed by atoms with van der Waals surface area (Å²) in [6.45, 7) is 4.00.